The number of rotatable bonds is 11. The Labute approximate surface area is 232 Å². The number of carbonyl (C=O) groups excluding carboxylic acids is 2. The zero-order chi connectivity index (χ0) is 27.2. The standard InChI is InChI=1S/C24H29Cl4N3O4S/c1-5-21(24(33)29-12-15(2)3)30(13-16-6-8-18(26)19(27)10-16)23(32)14-31(36(4,34)35)22-9-7-17(25)11-20(22)28/h6-11,15,21H,5,12-14H2,1-4H3,(H,29,33)/t21-/m0/s1. The first-order valence-corrected chi connectivity index (χ1v) is 14.5. The van der Waals surface area contributed by atoms with Crippen LogP contribution in [-0.2, 0) is 26.2 Å². The number of nitrogens with zero attached hydrogens (tertiary/aromatic N) is 2. The van der Waals surface area contributed by atoms with E-state index in [4.69, 9.17) is 46.4 Å². The Hall–Kier alpha value is -1.71. The van der Waals surface area contributed by atoms with Crippen LogP contribution in [0, 0.1) is 5.92 Å². The van der Waals surface area contributed by atoms with Crippen LogP contribution in [-0.4, -0.2) is 50.5 Å². The highest BCUT2D eigenvalue weighted by Gasteiger charge is 2.32. The predicted molar refractivity (Wildman–Crippen MR) is 148 cm³/mol. The van der Waals surface area contributed by atoms with Crippen LogP contribution in [0.25, 0.3) is 0 Å². The molecule has 0 spiro atoms. The van der Waals surface area contributed by atoms with Crippen molar-refractivity contribution in [2.24, 2.45) is 5.92 Å². The van der Waals surface area contributed by atoms with Gasteiger partial charge in [-0.3, -0.25) is 13.9 Å². The fraction of sp³-hybridized carbons (Fsp3) is 0.417. The Morgan fingerprint density at radius 2 is 1.64 bits per heavy atom. The van der Waals surface area contributed by atoms with Gasteiger partial charge in [-0.05, 0) is 48.2 Å². The van der Waals surface area contributed by atoms with Gasteiger partial charge in [0.2, 0.25) is 21.8 Å². The third kappa shape index (κ3) is 8.42. The summed E-state index contributed by atoms with van der Waals surface area (Å²) < 4.78 is 26.2. The highest BCUT2D eigenvalue weighted by atomic mass is 35.5. The van der Waals surface area contributed by atoms with Gasteiger partial charge < -0.3 is 10.2 Å². The van der Waals surface area contributed by atoms with E-state index < -0.39 is 28.5 Å². The number of nitrogens with one attached hydrogen (secondary N) is 1. The quantitative estimate of drug-likeness (QED) is 0.363. The highest BCUT2D eigenvalue weighted by molar-refractivity contribution is 7.92. The van der Waals surface area contributed by atoms with Crippen molar-refractivity contribution in [3.63, 3.8) is 0 Å². The first-order valence-electron chi connectivity index (χ1n) is 11.2. The average Bonchev–Trinajstić information content (AvgIpc) is 2.77. The lowest BCUT2D eigenvalue weighted by molar-refractivity contribution is -0.140. The minimum atomic E-state index is -3.92. The maximum Gasteiger partial charge on any atom is 0.244 e. The van der Waals surface area contributed by atoms with Crippen LogP contribution >= 0.6 is 46.4 Å². The van der Waals surface area contributed by atoms with E-state index in [2.05, 4.69) is 5.32 Å². The molecule has 1 atom stereocenters. The van der Waals surface area contributed by atoms with Crippen LogP contribution in [0.5, 0.6) is 0 Å². The average molecular weight is 597 g/mol. The van der Waals surface area contributed by atoms with Crippen LogP contribution in [0.2, 0.25) is 20.1 Å². The first-order chi connectivity index (χ1) is 16.7. The largest absolute Gasteiger partial charge is 0.354 e. The Balaban J connectivity index is 2.48. The molecule has 0 radical (unpaired) electrons. The lowest BCUT2D eigenvalue weighted by Crippen LogP contribution is -2.52. The molecule has 0 aliphatic heterocycles. The summed E-state index contributed by atoms with van der Waals surface area (Å²) in [5.41, 5.74) is 0.729. The summed E-state index contributed by atoms with van der Waals surface area (Å²) in [6, 6.07) is 8.33. The van der Waals surface area contributed by atoms with Crippen molar-refractivity contribution < 1.29 is 18.0 Å². The van der Waals surface area contributed by atoms with Crippen molar-refractivity contribution in [3.8, 4) is 0 Å². The zero-order valence-electron chi connectivity index (χ0n) is 20.4. The van der Waals surface area contributed by atoms with E-state index in [1.165, 1.54) is 23.1 Å². The zero-order valence-corrected chi connectivity index (χ0v) is 24.2. The van der Waals surface area contributed by atoms with Gasteiger partial charge in [0.25, 0.3) is 0 Å². The summed E-state index contributed by atoms with van der Waals surface area (Å²) in [6.07, 6.45) is 1.28. The SMILES string of the molecule is CC[C@@H](C(=O)NCC(C)C)N(Cc1ccc(Cl)c(Cl)c1)C(=O)CN(c1ccc(Cl)cc1Cl)S(C)(=O)=O. The number of hydrogen-bond acceptors (Lipinski definition) is 4. The number of hydrogen-bond donors (Lipinski definition) is 1. The van der Waals surface area contributed by atoms with E-state index in [1.54, 1.807) is 25.1 Å². The lowest BCUT2D eigenvalue weighted by Gasteiger charge is -2.33. The molecule has 0 unspecified atom stereocenters. The molecule has 1 N–H and O–H groups in total. The van der Waals surface area contributed by atoms with Crippen molar-refractivity contribution >= 4 is 73.9 Å². The highest BCUT2D eigenvalue weighted by Crippen LogP contribution is 2.31. The third-order valence-electron chi connectivity index (χ3n) is 5.27. The molecular weight excluding hydrogens is 568 g/mol. The second-order valence-corrected chi connectivity index (χ2v) is 12.3. The number of carbonyl (C=O) groups is 2. The van der Waals surface area contributed by atoms with Gasteiger partial charge >= 0.3 is 0 Å². The monoisotopic (exact) mass is 595 g/mol. The van der Waals surface area contributed by atoms with Crippen molar-refractivity contribution in [2.75, 3.05) is 23.7 Å². The smallest absolute Gasteiger partial charge is 0.244 e. The third-order valence-corrected chi connectivity index (χ3v) is 7.67. The first kappa shape index (κ1) is 30.5. The van der Waals surface area contributed by atoms with E-state index in [0.717, 1.165) is 10.6 Å². The van der Waals surface area contributed by atoms with Crippen LogP contribution in [0.4, 0.5) is 5.69 Å². The molecule has 0 heterocycles. The van der Waals surface area contributed by atoms with E-state index in [1.807, 2.05) is 13.8 Å². The van der Waals surface area contributed by atoms with E-state index in [0.29, 0.717) is 33.6 Å². The van der Waals surface area contributed by atoms with Crippen molar-refractivity contribution in [3.05, 3.63) is 62.1 Å². The normalized spacial score (nSPS) is 12.4. The van der Waals surface area contributed by atoms with Crippen LogP contribution in [0.1, 0.15) is 32.8 Å². The van der Waals surface area contributed by atoms with Gasteiger partial charge in [-0.1, -0.05) is 73.2 Å². The lowest BCUT2D eigenvalue weighted by atomic mass is 10.1. The van der Waals surface area contributed by atoms with Gasteiger partial charge in [-0.15, -0.1) is 0 Å². The van der Waals surface area contributed by atoms with Crippen molar-refractivity contribution in [1.82, 2.24) is 10.2 Å². The van der Waals surface area contributed by atoms with Crippen molar-refractivity contribution in [1.29, 1.82) is 0 Å². The maximum atomic E-state index is 13.7. The fourth-order valence-electron chi connectivity index (χ4n) is 3.45. The molecule has 2 aromatic rings. The fourth-order valence-corrected chi connectivity index (χ4v) is 5.20. The van der Waals surface area contributed by atoms with Gasteiger partial charge in [0.05, 0.1) is 27.0 Å². The van der Waals surface area contributed by atoms with Crippen LogP contribution in [0.15, 0.2) is 36.4 Å². The minimum absolute atomic E-state index is 0.00921. The molecule has 36 heavy (non-hydrogen) atoms. The number of benzene rings is 2. The summed E-state index contributed by atoms with van der Waals surface area (Å²) in [4.78, 5) is 28.1. The van der Waals surface area contributed by atoms with Gasteiger partial charge in [0, 0.05) is 18.1 Å². The molecule has 2 amide bonds. The van der Waals surface area contributed by atoms with Gasteiger partial charge in [0.1, 0.15) is 12.6 Å². The van der Waals surface area contributed by atoms with E-state index >= 15 is 0 Å². The Morgan fingerprint density at radius 3 is 2.17 bits per heavy atom. The molecule has 7 nitrogen and oxygen atoms in total. The second-order valence-electron chi connectivity index (χ2n) is 8.70. The Bertz CT molecular complexity index is 1210. The molecule has 0 saturated heterocycles. The van der Waals surface area contributed by atoms with Crippen LogP contribution < -0.4 is 9.62 Å². The number of anilines is 1. The van der Waals surface area contributed by atoms with Crippen molar-refractivity contribution in [2.45, 2.75) is 39.8 Å². The molecule has 198 valence electrons. The van der Waals surface area contributed by atoms with E-state index in [9.17, 15) is 18.0 Å². The van der Waals surface area contributed by atoms with Gasteiger partial charge in [0.15, 0.2) is 0 Å². The minimum Gasteiger partial charge on any atom is -0.354 e. The molecule has 0 bridgehead atoms. The van der Waals surface area contributed by atoms with Gasteiger partial charge in [-0.25, -0.2) is 8.42 Å². The second kappa shape index (κ2) is 13.2. The Morgan fingerprint density at radius 1 is 0.972 bits per heavy atom. The number of halogens is 4. The molecule has 2 aromatic carbocycles. The topological polar surface area (TPSA) is 86.8 Å². The van der Waals surface area contributed by atoms with Gasteiger partial charge in [-0.2, -0.15) is 0 Å². The maximum absolute atomic E-state index is 13.7. The number of sulfonamides is 1. The summed E-state index contributed by atoms with van der Waals surface area (Å²) in [6.45, 7) is 5.56. The summed E-state index contributed by atoms with van der Waals surface area (Å²) in [5.74, 6) is -0.724. The van der Waals surface area contributed by atoms with E-state index in [-0.39, 0.29) is 29.1 Å². The number of amides is 2. The molecule has 0 aliphatic carbocycles. The molecule has 0 aliphatic rings. The molecular formula is C24H29Cl4N3O4S. The summed E-state index contributed by atoms with van der Waals surface area (Å²) in [5, 5.41) is 3.89. The molecule has 2 rings (SSSR count). The summed E-state index contributed by atoms with van der Waals surface area (Å²) >= 11 is 24.4. The summed E-state index contributed by atoms with van der Waals surface area (Å²) in [7, 11) is -3.92. The van der Waals surface area contributed by atoms with Crippen LogP contribution in [0.3, 0.4) is 0 Å². The molecule has 0 saturated carbocycles. The molecule has 12 heteroatoms. The molecule has 0 fully saturated rings. The predicted octanol–water partition coefficient (Wildman–Crippen LogP) is 5.65. The Kier molecular flexibility index (Phi) is 11.2. The molecule has 0 aromatic heterocycles.